The van der Waals surface area contributed by atoms with Crippen LogP contribution in [0.15, 0.2) is 91.3 Å². The number of aromatic nitrogens is 2. The number of fused-ring (bicyclic) bond motifs is 1. The van der Waals surface area contributed by atoms with Gasteiger partial charge in [-0.15, -0.1) is 0 Å². The molecule has 0 amide bonds. The summed E-state index contributed by atoms with van der Waals surface area (Å²) in [6, 6.07) is 24.3. The molecule has 3 aromatic heterocycles. The molecule has 0 fully saturated rings. The van der Waals surface area contributed by atoms with Gasteiger partial charge in [0, 0.05) is 29.0 Å². The standard InChI is InChI=1S/C26H20FN3O.C2H6/c27-21-10-7-18(8-11-21)20-9-12-22-14-24(23-2-1-13-29-26(23)28)25(30(22)15-20)19-5-3-17(16-31)4-6-19;1-2/h1-15,31H,16H2,(H2,28,29);1-2H3. The summed E-state index contributed by atoms with van der Waals surface area (Å²) in [6.07, 6.45) is 3.73. The van der Waals surface area contributed by atoms with Crippen molar-refractivity contribution in [3.05, 3.63) is 103 Å². The van der Waals surface area contributed by atoms with Crippen LogP contribution in [0, 0.1) is 5.82 Å². The molecule has 5 heteroatoms. The molecule has 2 aromatic carbocycles. The molecule has 0 aliphatic rings. The van der Waals surface area contributed by atoms with Gasteiger partial charge in [-0.3, -0.25) is 0 Å². The lowest BCUT2D eigenvalue weighted by Crippen LogP contribution is -1.95. The third-order valence-electron chi connectivity index (χ3n) is 5.48. The van der Waals surface area contributed by atoms with Crippen molar-refractivity contribution >= 4 is 11.3 Å². The summed E-state index contributed by atoms with van der Waals surface area (Å²) in [5, 5.41) is 9.43. The van der Waals surface area contributed by atoms with E-state index in [2.05, 4.69) is 15.5 Å². The Bertz CT molecular complexity index is 1370. The molecule has 0 radical (unpaired) electrons. The molecule has 0 spiro atoms. The first kappa shape index (κ1) is 22.2. The first-order valence-corrected chi connectivity index (χ1v) is 11.0. The second kappa shape index (κ2) is 9.67. The summed E-state index contributed by atoms with van der Waals surface area (Å²) in [6.45, 7) is 3.99. The van der Waals surface area contributed by atoms with Crippen LogP contribution in [0.3, 0.4) is 0 Å². The van der Waals surface area contributed by atoms with E-state index < -0.39 is 0 Å². The monoisotopic (exact) mass is 439 g/mol. The highest BCUT2D eigenvalue weighted by Crippen LogP contribution is 2.38. The van der Waals surface area contributed by atoms with E-state index in [0.29, 0.717) is 5.82 Å². The Kier molecular flexibility index (Phi) is 6.52. The maximum atomic E-state index is 13.4. The van der Waals surface area contributed by atoms with E-state index in [1.54, 1.807) is 18.3 Å². The predicted molar refractivity (Wildman–Crippen MR) is 133 cm³/mol. The average Bonchev–Trinajstić information content (AvgIpc) is 3.24. The fraction of sp³-hybridized carbons (Fsp3) is 0.107. The Hall–Kier alpha value is -3.96. The van der Waals surface area contributed by atoms with E-state index >= 15 is 0 Å². The molecule has 3 heterocycles. The van der Waals surface area contributed by atoms with Crippen LogP contribution in [0.4, 0.5) is 10.2 Å². The summed E-state index contributed by atoms with van der Waals surface area (Å²) >= 11 is 0. The van der Waals surface area contributed by atoms with Gasteiger partial charge in [-0.05, 0) is 58.7 Å². The van der Waals surface area contributed by atoms with E-state index in [0.717, 1.165) is 44.6 Å². The van der Waals surface area contributed by atoms with Gasteiger partial charge in [0.25, 0.3) is 0 Å². The van der Waals surface area contributed by atoms with Crippen molar-refractivity contribution in [2.75, 3.05) is 5.73 Å². The smallest absolute Gasteiger partial charge is 0.131 e. The zero-order chi connectivity index (χ0) is 23.4. The highest BCUT2D eigenvalue weighted by Gasteiger charge is 2.17. The van der Waals surface area contributed by atoms with Crippen LogP contribution < -0.4 is 5.73 Å². The number of nitrogens with zero attached hydrogens (tertiary/aromatic N) is 2. The van der Waals surface area contributed by atoms with Crippen molar-refractivity contribution in [2.24, 2.45) is 0 Å². The predicted octanol–water partition coefficient (Wildman–Crippen LogP) is 6.58. The number of hydrogen-bond donors (Lipinski definition) is 2. The molecule has 5 aromatic rings. The molecule has 0 saturated carbocycles. The second-order valence-corrected chi connectivity index (χ2v) is 7.42. The summed E-state index contributed by atoms with van der Waals surface area (Å²) in [7, 11) is 0. The molecular formula is C28H26FN3O. The van der Waals surface area contributed by atoms with Gasteiger partial charge in [0.05, 0.1) is 12.3 Å². The first-order valence-electron chi connectivity index (χ1n) is 11.0. The van der Waals surface area contributed by atoms with Crippen LogP contribution in [0.25, 0.3) is 39.0 Å². The molecule has 0 aliphatic heterocycles. The van der Waals surface area contributed by atoms with Crippen molar-refractivity contribution in [3.8, 4) is 33.5 Å². The van der Waals surface area contributed by atoms with Crippen LogP contribution in [0.2, 0.25) is 0 Å². The van der Waals surface area contributed by atoms with Gasteiger partial charge in [0.2, 0.25) is 0 Å². The van der Waals surface area contributed by atoms with Crippen LogP contribution in [-0.4, -0.2) is 14.5 Å². The topological polar surface area (TPSA) is 63.5 Å². The minimum Gasteiger partial charge on any atom is -0.392 e. The summed E-state index contributed by atoms with van der Waals surface area (Å²) < 4.78 is 15.5. The van der Waals surface area contributed by atoms with Crippen molar-refractivity contribution in [1.82, 2.24) is 9.38 Å². The minimum absolute atomic E-state index is 0.00763. The van der Waals surface area contributed by atoms with Gasteiger partial charge < -0.3 is 15.2 Å². The van der Waals surface area contributed by atoms with Crippen molar-refractivity contribution < 1.29 is 9.50 Å². The Labute approximate surface area is 192 Å². The molecule has 166 valence electrons. The fourth-order valence-corrected chi connectivity index (χ4v) is 3.90. The lowest BCUT2D eigenvalue weighted by molar-refractivity contribution is 0.282. The van der Waals surface area contributed by atoms with E-state index in [1.807, 2.05) is 68.6 Å². The number of hydrogen-bond acceptors (Lipinski definition) is 3. The van der Waals surface area contributed by atoms with Crippen LogP contribution in [-0.2, 0) is 6.61 Å². The van der Waals surface area contributed by atoms with Crippen molar-refractivity contribution in [1.29, 1.82) is 0 Å². The van der Waals surface area contributed by atoms with Crippen LogP contribution >= 0.6 is 0 Å². The molecule has 0 saturated heterocycles. The minimum atomic E-state index is -0.259. The maximum Gasteiger partial charge on any atom is 0.131 e. The Balaban J connectivity index is 0.00000126. The molecule has 33 heavy (non-hydrogen) atoms. The Morgan fingerprint density at radius 2 is 1.52 bits per heavy atom. The molecule has 0 unspecified atom stereocenters. The number of nitrogens with two attached hydrogens (primary N) is 1. The number of aliphatic hydroxyl groups is 1. The zero-order valence-corrected chi connectivity index (χ0v) is 18.7. The highest BCUT2D eigenvalue weighted by molar-refractivity contribution is 5.90. The molecule has 3 N–H and O–H groups in total. The van der Waals surface area contributed by atoms with E-state index in [4.69, 9.17) is 5.73 Å². The lowest BCUT2D eigenvalue weighted by Gasteiger charge is -2.11. The molecule has 5 rings (SSSR count). The Morgan fingerprint density at radius 1 is 0.848 bits per heavy atom. The number of anilines is 1. The van der Waals surface area contributed by atoms with Gasteiger partial charge >= 0.3 is 0 Å². The highest BCUT2D eigenvalue weighted by atomic mass is 19.1. The van der Waals surface area contributed by atoms with Gasteiger partial charge in [-0.1, -0.05) is 56.3 Å². The van der Waals surface area contributed by atoms with Crippen LogP contribution in [0.1, 0.15) is 19.4 Å². The Morgan fingerprint density at radius 3 is 2.18 bits per heavy atom. The third kappa shape index (κ3) is 4.36. The number of pyridine rings is 2. The molecule has 0 bridgehead atoms. The van der Waals surface area contributed by atoms with E-state index in [-0.39, 0.29) is 12.4 Å². The van der Waals surface area contributed by atoms with Gasteiger partial charge in [0.15, 0.2) is 0 Å². The normalized spacial score (nSPS) is 10.7. The molecular weight excluding hydrogens is 413 g/mol. The second-order valence-electron chi connectivity index (χ2n) is 7.42. The summed E-state index contributed by atoms with van der Waals surface area (Å²) in [5.74, 6) is 0.204. The van der Waals surface area contributed by atoms with Gasteiger partial charge in [-0.25, -0.2) is 9.37 Å². The number of benzene rings is 2. The maximum absolute atomic E-state index is 13.4. The lowest BCUT2D eigenvalue weighted by atomic mass is 10.0. The summed E-state index contributed by atoms with van der Waals surface area (Å²) in [4.78, 5) is 4.26. The number of nitrogen functional groups attached to an aromatic ring is 1. The SMILES string of the molecule is CC.Nc1ncccc1-c1cc2ccc(-c3ccc(F)cc3)cn2c1-c1ccc(CO)cc1. The third-order valence-corrected chi connectivity index (χ3v) is 5.48. The van der Waals surface area contributed by atoms with E-state index in [9.17, 15) is 9.50 Å². The molecule has 0 atom stereocenters. The quantitative estimate of drug-likeness (QED) is 0.333. The van der Waals surface area contributed by atoms with Gasteiger partial charge in [0.1, 0.15) is 11.6 Å². The average molecular weight is 440 g/mol. The van der Waals surface area contributed by atoms with Crippen molar-refractivity contribution in [2.45, 2.75) is 20.5 Å². The number of halogens is 1. The number of aliphatic hydroxyl groups excluding tert-OH is 1. The van der Waals surface area contributed by atoms with Crippen LogP contribution in [0.5, 0.6) is 0 Å². The largest absolute Gasteiger partial charge is 0.392 e. The molecule has 0 aliphatic carbocycles. The fourth-order valence-electron chi connectivity index (χ4n) is 3.90. The summed E-state index contributed by atoms with van der Waals surface area (Å²) in [5.41, 5.74) is 13.8. The zero-order valence-electron chi connectivity index (χ0n) is 18.7. The number of rotatable bonds is 4. The molecule has 4 nitrogen and oxygen atoms in total. The van der Waals surface area contributed by atoms with Gasteiger partial charge in [-0.2, -0.15) is 0 Å². The van der Waals surface area contributed by atoms with E-state index in [1.165, 1.54) is 12.1 Å². The van der Waals surface area contributed by atoms with Crippen molar-refractivity contribution in [3.63, 3.8) is 0 Å². The first-order chi connectivity index (χ1) is 16.1.